The fraction of sp³-hybridized carbons (Fsp3) is 0.200. The Kier molecular flexibility index (Phi) is 3.65. The van der Waals surface area contributed by atoms with Gasteiger partial charge in [-0.05, 0) is 23.9 Å². The number of alkyl halides is 1. The largest absolute Gasteiger partial charge is 0.271 e. The highest BCUT2D eigenvalue weighted by molar-refractivity contribution is 7.11. The van der Waals surface area contributed by atoms with E-state index in [1.807, 2.05) is 18.4 Å². The van der Waals surface area contributed by atoms with E-state index in [0.29, 0.717) is 5.71 Å². The Hall–Kier alpha value is -1.53. The molecule has 1 amide bonds. The van der Waals surface area contributed by atoms with Crippen LogP contribution in [-0.4, -0.2) is 29.4 Å². The van der Waals surface area contributed by atoms with Crippen molar-refractivity contribution in [3.8, 4) is 0 Å². The predicted molar refractivity (Wildman–Crippen MR) is 70.4 cm³/mol. The summed E-state index contributed by atoms with van der Waals surface area (Å²) in [5.74, 6) is -0.393. The molecule has 0 bridgehead atoms. The lowest BCUT2D eigenvalue weighted by atomic mass is 10.2. The van der Waals surface area contributed by atoms with Gasteiger partial charge in [0.1, 0.15) is 5.71 Å². The number of hydrazone groups is 1. The molecule has 1 unspecified atom stereocenters. The number of nitrogens with zero attached hydrogens (tertiary/aromatic N) is 3. The van der Waals surface area contributed by atoms with E-state index in [9.17, 15) is 4.79 Å². The lowest BCUT2D eigenvalue weighted by Gasteiger charge is -2.10. The van der Waals surface area contributed by atoms with Crippen molar-refractivity contribution in [1.82, 2.24) is 5.43 Å². The molecular weight excluding hydrogens is 260 g/mol. The van der Waals surface area contributed by atoms with Gasteiger partial charge >= 0.3 is 0 Å². The first-order valence-corrected chi connectivity index (χ1v) is 6.12. The first-order valence-electron chi connectivity index (χ1n) is 4.80. The number of amides is 1. The Balaban J connectivity index is 2.13. The first-order chi connectivity index (χ1) is 8.18. The number of halogens is 1. The number of rotatable bonds is 2. The van der Waals surface area contributed by atoms with Crippen LogP contribution in [0.5, 0.6) is 0 Å². The Morgan fingerprint density at radius 1 is 1.65 bits per heavy atom. The van der Waals surface area contributed by atoms with Crippen molar-refractivity contribution in [2.45, 2.75) is 12.3 Å². The summed E-state index contributed by atoms with van der Waals surface area (Å²) in [6.45, 7) is 1.99. The molecule has 0 saturated carbocycles. The van der Waals surface area contributed by atoms with Crippen LogP contribution in [0.4, 0.5) is 0 Å². The van der Waals surface area contributed by atoms with Crippen LogP contribution >= 0.6 is 22.9 Å². The second-order valence-electron chi connectivity index (χ2n) is 3.33. The topological polar surface area (TPSA) is 66.2 Å². The van der Waals surface area contributed by atoms with Crippen molar-refractivity contribution in [1.29, 1.82) is 0 Å². The zero-order valence-corrected chi connectivity index (χ0v) is 10.5. The lowest BCUT2D eigenvalue weighted by molar-refractivity contribution is -0.119. The van der Waals surface area contributed by atoms with Crippen LogP contribution in [0.15, 0.2) is 26.8 Å². The Labute approximate surface area is 107 Å². The molecule has 0 aliphatic carbocycles. The molecule has 0 saturated heterocycles. The van der Waals surface area contributed by atoms with E-state index in [1.165, 1.54) is 6.21 Å². The van der Waals surface area contributed by atoms with Gasteiger partial charge in [0.15, 0.2) is 5.38 Å². The summed E-state index contributed by atoms with van der Waals surface area (Å²) in [7, 11) is 0. The summed E-state index contributed by atoms with van der Waals surface area (Å²) in [6, 6.07) is 2.00. The summed E-state index contributed by atoms with van der Waals surface area (Å²) in [5.41, 5.74) is 3.71. The molecule has 1 N–H and O–H groups in total. The number of aryl methyl sites for hydroxylation is 1. The van der Waals surface area contributed by atoms with Gasteiger partial charge in [0.2, 0.25) is 0 Å². The van der Waals surface area contributed by atoms with Gasteiger partial charge in [0.25, 0.3) is 5.91 Å². The predicted octanol–water partition coefficient (Wildman–Crippen LogP) is 1.55. The third kappa shape index (κ3) is 2.78. The highest BCUT2D eigenvalue weighted by Crippen LogP contribution is 2.12. The standard InChI is InChI=1S/C10H9ClN4OS/c1-6-2-3-17-8(6)5-13-14-7-4-12-15-10(16)9(7)11/h2-5,9H,1H3,(H,15,16)/b13-5-,14-7-. The second kappa shape index (κ2) is 5.20. The van der Waals surface area contributed by atoms with Crippen LogP contribution in [0.1, 0.15) is 10.4 Å². The Morgan fingerprint density at radius 2 is 2.47 bits per heavy atom. The second-order valence-corrected chi connectivity index (χ2v) is 4.72. The van der Waals surface area contributed by atoms with Crippen molar-refractivity contribution in [2.24, 2.45) is 15.3 Å². The maximum Gasteiger partial charge on any atom is 0.264 e. The summed E-state index contributed by atoms with van der Waals surface area (Å²) < 4.78 is 0. The van der Waals surface area contributed by atoms with Crippen molar-refractivity contribution in [3.63, 3.8) is 0 Å². The summed E-state index contributed by atoms with van der Waals surface area (Å²) in [5, 5.41) is 12.5. The van der Waals surface area contributed by atoms with Gasteiger partial charge in [0, 0.05) is 0 Å². The van der Waals surface area contributed by atoms with Gasteiger partial charge in [-0.3, -0.25) is 4.79 Å². The molecule has 7 heteroatoms. The molecule has 5 nitrogen and oxygen atoms in total. The Bertz CT molecular complexity index is 520. The SMILES string of the molecule is Cc1ccsc1/C=N\N=C1\C=NNC(=O)C1Cl. The average Bonchev–Trinajstić information content (AvgIpc) is 2.71. The van der Waals surface area contributed by atoms with Crippen LogP contribution in [0.2, 0.25) is 0 Å². The van der Waals surface area contributed by atoms with Gasteiger partial charge < -0.3 is 0 Å². The summed E-state index contributed by atoms with van der Waals surface area (Å²) in [6.07, 6.45) is 3.02. The van der Waals surface area contributed by atoms with Crippen LogP contribution < -0.4 is 5.43 Å². The van der Waals surface area contributed by atoms with Crippen LogP contribution in [0, 0.1) is 6.92 Å². The van der Waals surface area contributed by atoms with E-state index in [2.05, 4.69) is 20.7 Å². The number of thiophene rings is 1. The average molecular weight is 269 g/mol. The molecule has 17 heavy (non-hydrogen) atoms. The molecule has 0 fully saturated rings. The molecule has 2 rings (SSSR count). The van der Waals surface area contributed by atoms with E-state index in [-0.39, 0.29) is 0 Å². The zero-order chi connectivity index (χ0) is 12.3. The van der Waals surface area contributed by atoms with E-state index >= 15 is 0 Å². The molecule has 1 aliphatic heterocycles. The lowest BCUT2D eigenvalue weighted by Crippen LogP contribution is -2.38. The van der Waals surface area contributed by atoms with E-state index in [0.717, 1.165) is 10.4 Å². The zero-order valence-electron chi connectivity index (χ0n) is 8.92. The van der Waals surface area contributed by atoms with Gasteiger partial charge in [-0.1, -0.05) is 0 Å². The summed E-state index contributed by atoms with van der Waals surface area (Å²) >= 11 is 7.39. The summed E-state index contributed by atoms with van der Waals surface area (Å²) in [4.78, 5) is 12.2. The number of carbonyl (C=O) groups excluding carboxylic acids is 1. The molecule has 1 aromatic heterocycles. The minimum absolute atomic E-state index is 0.334. The molecule has 1 aliphatic rings. The highest BCUT2D eigenvalue weighted by Gasteiger charge is 2.23. The number of carbonyl (C=O) groups is 1. The molecule has 0 aromatic carbocycles. The van der Waals surface area contributed by atoms with Crippen molar-refractivity contribution < 1.29 is 4.79 Å². The van der Waals surface area contributed by atoms with E-state index in [1.54, 1.807) is 17.6 Å². The minimum Gasteiger partial charge on any atom is -0.271 e. The number of hydrogen-bond donors (Lipinski definition) is 1. The van der Waals surface area contributed by atoms with Gasteiger partial charge in [-0.25, -0.2) is 5.43 Å². The van der Waals surface area contributed by atoms with Crippen molar-refractivity contribution >= 4 is 47.0 Å². The third-order valence-electron chi connectivity index (χ3n) is 2.11. The van der Waals surface area contributed by atoms with E-state index < -0.39 is 11.3 Å². The molecular formula is C10H9ClN4OS. The molecule has 0 radical (unpaired) electrons. The molecule has 88 valence electrons. The highest BCUT2D eigenvalue weighted by atomic mass is 35.5. The monoisotopic (exact) mass is 268 g/mol. The Morgan fingerprint density at radius 3 is 3.18 bits per heavy atom. The minimum atomic E-state index is -0.839. The van der Waals surface area contributed by atoms with Gasteiger partial charge in [-0.2, -0.15) is 15.3 Å². The maximum atomic E-state index is 11.2. The van der Waals surface area contributed by atoms with Crippen LogP contribution in [-0.2, 0) is 4.79 Å². The molecule has 2 heterocycles. The fourth-order valence-corrected chi connectivity index (χ4v) is 2.09. The smallest absolute Gasteiger partial charge is 0.264 e. The molecule has 1 atom stereocenters. The first kappa shape index (κ1) is 11.9. The normalized spacial score (nSPS) is 22.4. The van der Waals surface area contributed by atoms with Crippen LogP contribution in [0.25, 0.3) is 0 Å². The van der Waals surface area contributed by atoms with Crippen molar-refractivity contribution in [3.05, 3.63) is 21.9 Å². The number of nitrogens with one attached hydrogen (secondary N) is 1. The quantitative estimate of drug-likeness (QED) is 0.494. The van der Waals surface area contributed by atoms with Crippen molar-refractivity contribution in [2.75, 3.05) is 0 Å². The molecule has 1 aromatic rings. The fourth-order valence-electron chi connectivity index (χ4n) is 1.16. The van der Waals surface area contributed by atoms with Gasteiger partial charge in [0.05, 0.1) is 17.3 Å². The third-order valence-corrected chi connectivity index (χ3v) is 3.49. The van der Waals surface area contributed by atoms with Crippen LogP contribution in [0.3, 0.4) is 0 Å². The molecule has 0 spiro atoms. The van der Waals surface area contributed by atoms with E-state index in [4.69, 9.17) is 11.6 Å². The maximum absolute atomic E-state index is 11.2. The number of hydrogen-bond acceptors (Lipinski definition) is 5. The van der Waals surface area contributed by atoms with Gasteiger partial charge in [-0.15, -0.1) is 22.9 Å².